The molecule has 0 spiro atoms. The molecule has 2 saturated heterocycles. The summed E-state index contributed by atoms with van der Waals surface area (Å²) < 4.78 is 16.4. The van der Waals surface area contributed by atoms with Crippen LogP contribution in [0.1, 0.15) is 5.56 Å². The van der Waals surface area contributed by atoms with Gasteiger partial charge in [0.1, 0.15) is 5.75 Å². The Morgan fingerprint density at radius 3 is 2.58 bits per heavy atom. The van der Waals surface area contributed by atoms with Crippen molar-refractivity contribution < 1.29 is 24.1 Å². The summed E-state index contributed by atoms with van der Waals surface area (Å²) in [5.41, 5.74) is 1.18. The van der Waals surface area contributed by atoms with Gasteiger partial charge < -0.3 is 24.2 Å². The number of rotatable bonds is 6. The Morgan fingerprint density at radius 1 is 1.12 bits per heavy atom. The molecule has 0 unspecified atom stereocenters. The Kier molecular flexibility index (Phi) is 7.25. The molecule has 1 N–H and O–H groups in total. The van der Waals surface area contributed by atoms with Crippen LogP contribution >= 0.6 is 0 Å². The molecular weight excluding hydrogens is 336 g/mol. The fourth-order valence-electron chi connectivity index (χ4n) is 3.21. The average Bonchev–Trinajstić information content (AvgIpc) is 2.93. The van der Waals surface area contributed by atoms with E-state index in [9.17, 15) is 9.90 Å². The Bertz CT molecular complexity index is 560. The molecule has 1 aromatic carbocycles. The number of nitrogens with zero attached hydrogens (tertiary/aromatic N) is 2. The maximum atomic E-state index is 12.1. The van der Waals surface area contributed by atoms with Crippen LogP contribution in [-0.4, -0.2) is 86.6 Å². The van der Waals surface area contributed by atoms with E-state index < -0.39 is 0 Å². The molecule has 0 bridgehead atoms. The molecule has 26 heavy (non-hydrogen) atoms. The molecule has 3 rings (SSSR count). The van der Waals surface area contributed by atoms with Gasteiger partial charge in [0, 0.05) is 45.2 Å². The highest BCUT2D eigenvalue weighted by molar-refractivity contribution is 5.77. The predicted octanol–water partition coefficient (Wildman–Crippen LogP) is 0.365. The monoisotopic (exact) mass is 364 g/mol. The first-order chi connectivity index (χ1) is 12.7. The smallest absolute Gasteiger partial charge is 0.260 e. The third-order valence-electron chi connectivity index (χ3n) is 4.74. The molecular formula is C19H28N2O5. The van der Waals surface area contributed by atoms with E-state index in [2.05, 4.69) is 4.90 Å². The number of benzene rings is 1. The second-order valence-electron chi connectivity index (χ2n) is 6.78. The lowest BCUT2D eigenvalue weighted by molar-refractivity contribution is -0.137. The van der Waals surface area contributed by atoms with Crippen LogP contribution < -0.4 is 4.74 Å². The highest BCUT2D eigenvalue weighted by atomic mass is 16.5. The van der Waals surface area contributed by atoms with Crippen molar-refractivity contribution in [2.75, 3.05) is 65.8 Å². The van der Waals surface area contributed by atoms with Crippen molar-refractivity contribution >= 4 is 5.91 Å². The number of morpholine rings is 1. The Labute approximate surface area is 154 Å². The van der Waals surface area contributed by atoms with E-state index in [1.165, 1.54) is 5.56 Å². The van der Waals surface area contributed by atoms with Crippen LogP contribution in [0.3, 0.4) is 0 Å². The van der Waals surface area contributed by atoms with Crippen LogP contribution in [0.15, 0.2) is 24.3 Å². The Hall–Kier alpha value is -1.67. The minimum atomic E-state index is -0.00279. The van der Waals surface area contributed by atoms with Crippen molar-refractivity contribution in [3.05, 3.63) is 29.8 Å². The summed E-state index contributed by atoms with van der Waals surface area (Å²) in [4.78, 5) is 16.2. The molecule has 0 aliphatic carbocycles. The van der Waals surface area contributed by atoms with Gasteiger partial charge in [-0.05, 0) is 17.7 Å². The van der Waals surface area contributed by atoms with Gasteiger partial charge in [0.15, 0.2) is 6.61 Å². The summed E-state index contributed by atoms with van der Waals surface area (Å²) in [6.45, 7) is 6.50. The summed E-state index contributed by atoms with van der Waals surface area (Å²) in [6, 6.07) is 7.85. The lowest BCUT2D eigenvalue weighted by Gasteiger charge is -2.26. The Balaban J connectivity index is 1.46. The molecule has 0 saturated carbocycles. The van der Waals surface area contributed by atoms with E-state index in [0.717, 1.165) is 19.6 Å². The van der Waals surface area contributed by atoms with E-state index in [1.807, 2.05) is 24.3 Å². The van der Waals surface area contributed by atoms with Crippen molar-refractivity contribution in [3.63, 3.8) is 0 Å². The fourth-order valence-corrected chi connectivity index (χ4v) is 3.21. The molecule has 1 amide bonds. The van der Waals surface area contributed by atoms with Crippen LogP contribution in [-0.2, 0) is 20.8 Å². The normalized spacial score (nSPS) is 22.0. The first-order valence-electron chi connectivity index (χ1n) is 9.23. The van der Waals surface area contributed by atoms with Crippen molar-refractivity contribution in [1.82, 2.24) is 9.80 Å². The van der Waals surface area contributed by atoms with E-state index in [-0.39, 0.29) is 25.0 Å². The summed E-state index contributed by atoms with van der Waals surface area (Å²) >= 11 is 0. The minimum absolute atomic E-state index is 0.00279. The van der Waals surface area contributed by atoms with E-state index in [4.69, 9.17) is 14.2 Å². The third kappa shape index (κ3) is 5.67. The van der Waals surface area contributed by atoms with Gasteiger partial charge in [-0.3, -0.25) is 9.69 Å². The van der Waals surface area contributed by atoms with Crippen LogP contribution in [0.25, 0.3) is 0 Å². The molecule has 7 heteroatoms. The lowest BCUT2D eigenvalue weighted by Crippen LogP contribution is -2.42. The second kappa shape index (κ2) is 9.87. The molecule has 144 valence electrons. The van der Waals surface area contributed by atoms with Crippen LogP contribution in [0.4, 0.5) is 0 Å². The zero-order valence-corrected chi connectivity index (χ0v) is 15.1. The number of hydrogen-bond acceptors (Lipinski definition) is 6. The van der Waals surface area contributed by atoms with Crippen molar-refractivity contribution in [1.29, 1.82) is 0 Å². The number of hydrogen-bond donors (Lipinski definition) is 1. The van der Waals surface area contributed by atoms with Crippen molar-refractivity contribution in [2.24, 2.45) is 5.92 Å². The van der Waals surface area contributed by atoms with Gasteiger partial charge in [-0.2, -0.15) is 0 Å². The highest BCUT2D eigenvalue weighted by Crippen LogP contribution is 2.16. The Morgan fingerprint density at radius 2 is 1.85 bits per heavy atom. The van der Waals surface area contributed by atoms with Gasteiger partial charge in [-0.1, -0.05) is 12.1 Å². The summed E-state index contributed by atoms with van der Waals surface area (Å²) in [5.74, 6) is 0.867. The topological polar surface area (TPSA) is 71.5 Å². The van der Waals surface area contributed by atoms with E-state index in [1.54, 1.807) is 4.90 Å². The van der Waals surface area contributed by atoms with Gasteiger partial charge in [0.2, 0.25) is 0 Å². The molecule has 1 atom stereocenters. The number of carbonyl (C=O) groups excluding carboxylic acids is 1. The first-order valence-corrected chi connectivity index (χ1v) is 9.23. The number of aliphatic hydroxyl groups excluding tert-OH is 1. The maximum Gasteiger partial charge on any atom is 0.260 e. The summed E-state index contributed by atoms with van der Waals surface area (Å²) in [6.07, 6.45) is 0. The third-order valence-corrected chi connectivity index (χ3v) is 4.74. The van der Waals surface area contributed by atoms with Gasteiger partial charge in [-0.25, -0.2) is 0 Å². The zero-order chi connectivity index (χ0) is 18.2. The quantitative estimate of drug-likeness (QED) is 0.786. The van der Waals surface area contributed by atoms with E-state index >= 15 is 0 Å². The van der Waals surface area contributed by atoms with Gasteiger partial charge >= 0.3 is 0 Å². The molecule has 0 radical (unpaired) electrons. The molecule has 2 aliphatic rings. The maximum absolute atomic E-state index is 12.1. The van der Waals surface area contributed by atoms with E-state index in [0.29, 0.717) is 45.3 Å². The van der Waals surface area contributed by atoms with Gasteiger partial charge in [-0.15, -0.1) is 0 Å². The largest absolute Gasteiger partial charge is 0.484 e. The number of ether oxygens (including phenoxy) is 3. The highest BCUT2D eigenvalue weighted by Gasteiger charge is 2.19. The van der Waals surface area contributed by atoms with Crippen LogP contribution in [0, 0.1) is 5.92 Å². The lowest BCUT2D eigenvalue weighted by atomic mass is 10.1. The molecule has 0 aromatic heterocycles. The number of carbonyl (C=O) groups is 1. The van der Waals surface area contributed by atoms with Crippen LogP contribution in [0.2, 0.25) is 0 Å². The fraction of sp³-hybridized carbons (Fsp3) is 0.632. The molecule has 1 aromatic rings. The van der Waals surface area contributed by atoms with Gasteiger partial charge in [0.25, 0.3) is 5.91 Å². The standard InChI is InChI=1S/C19H28N2O5/c22-13-17-12-20(5-8-25-14-17)11-16-1-3-18(4-2-16)26-15-19(23)21-6-9-24-10-7-21/h1-4,17,22H,5-15H2/t17-/m0/s1. The zero-order valence-electron chi connectivity index (χ0n) is 15.1. The molecule has 2 aliphatic heterocycles. The van der Waals surface area contributed by atoms with Crippen molar-refractivity contribution in [3.8, 4) is 5.75 Å². The molecule has 2 heterocycles. The molecule has 2 fully saturated rings. The van der Waals surface area contributed by atoms with Crippen LogP contribution in [0.5, 0.6) is 5.75 Å². The molecule has 7 nitrogen and oxygen atoms in total. The predicted molar refractivity (Wildman–Crippen MR) is 96.0 cm³/mol. The SMILES string of the molecule is O=C(COc1ccc(CN2CCOC[C@H](CO)C2)cc1)N1CCOCC1. The summed E-state index contributed by atoms with van der Waals surface area (Å²) in [5, 5.41) is 9.37. The van der Waals surface area contributed by atoms with Crippen molar-refractivity contribution in [2.45, 2.75) is 6.54 Å². The minimum Gasteiger partial charge on any atom is -0.484 e. The number of amides is 1. The average molecular weight is 364 g/mol. The summed E-state index contributed by atoms with van der Waals surface area (Å²) in [7, 11) is 0. The first kappa shape index (κ1) is 19.1. The number of aliphatic hydroxyl groups is 1. The second-order valence-corrected chi connectivity index (χ2v) is 6.78. The van der Waals surface area contributed by atoms with Gasteiger partial charge in [0.05, 0.1) is 26.4 Å².